The third kappa shape index (κ3) is 11.7. The van der Waals surface area contributed by atoms with E-state index >= 15 is 0 Å². The zero-order chi connectivity index (χ0) is 23.7. The van der Waals surface area contributed by atoms with Crippen molar-refractivity contribution < 1.29 is 10.2 Å². The quantitative estimate of drug-likeness (QED) is 0.106. The number of rotatable bonds is 20. The minimum absolute atomic E-state index is 0.682. The molecule has 10 N–H and O–H groups in total. The first-order valence-electron chi connectivity index (χ1n) is 12.2. The molecule has 8 heteroatoms. The van der Waals surface area contributed by atoms with Gasteiger partial charge >= 0.3 is 0 Å². The van der Waals surface area contributed by atoms with Crippen LogP contribution in [0.4, 0.5) is 0 Å². The second-order valence-electron chi connectivity index (χ2n) is 8.74. The molecule has 0 saturated carbocycles. The van der Waals surface area contributed by atoms with Gasteiger partial charge in [-0.3, -0.25) is 10.6 Å². The summed E-state index contributed by atoms with van der Waals surface area (Å²) in [4.78, 5) is 0. The predicted molar refractivity (Wildman–Crippen MR) is 133 cm³/mol. The number of aliphatic hydroxyl groups is 2. The molecule has 32 heavy (non-hydrogen) atoms. The summed E-state index contributed by atoms with van der Waals surface area (Å²) in [6.07, 6.45) is 5.92. The Bertz CT molecular complexity index is 547. The highest BCUT2D eigenvalue weighted by Crippen LogP contribution is 2.29. The molecule has 0 aliphatic heterocycles. The molecule has 2 unspecified atom stereocenters. The highest BCUT2D eigenvalue weighted by atomic mass is 16.3. The first kappa shape index (κ1) is 28.9. The summed E-state index contributed by atoms with van der Waals surface area (Å²) in [6, 6.07) is 7.52. The summed E-state index contributed by atoms with van der Waals surface area (Å²) in [6.45, 7) is 10.1. The summed E-state index contributed by atoms with van der Waals surface area (Å²) in [7, 11) is 0. The molecule has 0 aliphatic carbocycles. The van der Waals surface area contributed by atoms with Crippen LogP contribution in [0.25, 0.3) is 0 Å². The fourth-order valence-electron chi connectivity index (χ4n) is 3.64. The van der Waals surface area contributed by atoms with E-state index in [1.54, 1.807) is 13.8 Å². The van der Waals surface area contributed by atoms with Crippen molar-refractivity contribution in [3.63, 3.8) is 0 Å². The lowest BCUT2D eigenvalue weighted by molar-refractivity contribution is -0.00519. The van der Waals surface area contributed by atoms with Crippen LogP contribution in [0.2, 0.25) is 0 Å². The first-order chi connectivity index (χ1) is 15.3. The normalized spacial score (nSPS) is 15.4. The fraction of sp³-hybridized carbons (Fsp3) is 0.750. The fourth-order valence-corrected chi connectivity index (χ4v) is 3.64. The van der Waals surface area contributed by atoms with Crippen molar-refractivity contribution >= 4 is 0 Å². The van der Waals surface area contributed by atoms with Gasteiger partial charge in [-0.1, -0.05) is 24.3 Å². The average Bonchev–Trinajstić information content (AvgIpc) is 2.77. The van der Waals surface area contributed by atoms with E-state index in [4.69, 9.17) is 11.5 Å². The lowest BCUT2D eigenvalue weighted by Crippen LogP contribution is -2.46. The van der Waals surface area contributed by atoms with Gasteiger partial charge < -0.3 is 32.3 Å². The SMILES string of the molecule is CC(O)(NCCCCNCCCN)c1ccccc1C(C)(O)NCCCCNCCCN. The van der Waals surface area contributed by atoms with Crippen LogP contribution in [-0.4, -0.2) is 62.6 Å². The Labute approximate surface area is 194 Å². The Kier molecular flexibility index (Phi) is 14.9. The van der Waals surface area contributed by atoms with Gasteiger partial charge in [-0.05, 0) is 105 Å². The standard InChI is InChI=1S/C24H48N6O2/c1-23(31,29-19-7-5-15-27-17-9-13-25)21-11-3-4-12-22(21)24(2,32)30-20-8-6-16-28-18-10-14-26/h3-4,11-12,27-32H,5-10,13-20,25-26H2,1-2H3. The van der Waals surface area contributed by atoms with E-state index in [9.17, 15) is 10.2 Å². The van der Waals surface area contributed by atoms with E-state index in [0.29, 0.717) is 37.3 Å². The molecule has 0 heterocycles. The van der Waals surface area contributed by atoms with E-state index < -0.39 is 11.4 Å². The summed E-state index contributed by atoms with van der Waals surface area (Å²) < 4.78 is 0. The second-order valence-corrected chi connectivity index (χ2v) is 8.74. The van der Waals surface area contributed by atoms with Crippen molar-refractivity contribution in [3.05, 3.63) is 35.4 Å². The van der Waals surface area contributed by atoms with Crippen molar-refractivity contribution in [1.82, 2.24) is 21.3 Å². The molecule has 0 bridgehead atoms. The third-order valence-electron chi connectivity index (χ3n) is 5.59. The largest absolute Gasteiger partial charge is 0.372 e. The van der Waals surface area contributed by atoms with E-state index in [1.807, 2.05) is 24.3 Å². The van der Waals surface area contributed by atoms with Gasteiger partial charge in [0.2, 0.25) is 0 Å². The van der Waals surface area contributed by atoms with Gasteiger partial charge in [0.05, 0.1) is 0 Å². The zero-order valence-corrected chi connectivity index (χ0v) is 20.3. The molecule has 2 atom stereocenters. The van der Waals surface area contributed by atoms with E-state index in [0.717, 1.165) is 64.7 Å². The third-order valence-corrected chi connectivity index (χ3v) is 5.59. The van der Waals surface area contributed by atoms with Crippen LogP contribution in [-0.2, 0) is 11.4 Å². The van der Waals surface area contributed by atoms with Gasteiger partial charge in [0.1, 0.15) is 11.4 Å². The number of nitrogens with two attached hydrogens (primary N) is 2. The van der Waals surface area contributed by atoms with Gasteiger partial charge in [-0.2, -0.15) is 0 Å². The number of hydrogen-bond donors (Lipinski definition) is 8. The maximum Gasteiger partial charge on any atom is 0.139 e. The first-order valence-corrected chi connectivity index (χ1v) is 12.2. The lowest BCUT2D eigenvalue weighted by atomic mass is 9.91. The van der Waals surface area contributed by atoms with Crippen molar-refractivity contribution in [2.45, 2.75) is 63.8 Å². The number of benzene rings is 1. The van der Waals surface area contributed by atoms with Gasteiger partial charge in [-0.15, -0.1) is 0 Å². The van der Waals surface area contributed by atoms with Crippen molar-refractivity contribution in [3.8, 4) is 0 Å². The minimum atomic E-state index is -1.23. The average molecular weight is 453 g/mol. The molecule has 0 spiro atoms. The summed E-state index contributed by atoms with van der Waals surface area (Å²) in [5.74, 6) is 0. The summed E-state index contributed by atoms with van der Waals surface area (Å²) in [5, 5.41) is 35.5. The smallest absolute Gasteiger partial charge is 0.139 e. The van der Waals surface area contributed by atoms with Crippen LogP contribution in [0, 0.1) is 0 Å². The monoisotopic (exact) mass is 452 g/mol. The van der Waals surface area contributed by atoms with Crippen LogP contribution in [0.5, 0.6) is 0 Å². The number of nitrogens with one attached hydrogen (secondary N) is 4. The number of hydrogen-bond acceptors (Lipinski definition) is 8. The van der Waals surface area contributed by atoms with Crippen LogP contribution in [0.1, 0.15) is 63.5 Å². The molecule has 1 rings (SSSR count). The number of unbranched alkanes of at least 4 members (excludes halogenated alkanes) is 2. The molecule has 8 nitrogen and oxygen atoms in total. The minimum Gasteiger partial charge on any atom is -0.372 e. The van der Waals surface area contributed by atoms with Gasteiger partial charge in [0, 0.05) is 11.1 Å². The molecule has 0 radical (unpaired) electrons. The molecular weight excluding hydrogens is 404 g/mol. The van der Waals surface area contributed by atoms with Gasteiger partial charge in [-0.25, -0.2) is 0 Å². The van der Waals surface area contributed by atoms with E-state index in [2.05, 4.69) is 21.3 Å². The second kappa shape index (κ2) is 16.5. The molecule has 1 aromatic carbocycles. The maximum atomic E-state index is 11.1. The highest BCUT2D eigenvalue weighted by molar-refractivity contribution is 5.35. The van der Waals surface area contributed by atoms with Crippen molar-refractivity contribution in [2.75, 3.05) is 52.4 Å². The molecular formula is C24H48N6O2. The zero-order valence-electron chi connectivity index (χ0n) is 20.3. The van der Waals surface area contributed by atoms with E-state index in [1.165, 1.54) is 0 Å². The van der Waals surface area contributed by atoms with Crippen LogP contribution in [0.15, 0.2) is 24.3 Å². The Balaban J connectivity index is 2.49. The molecule has 1 aromatic rings. The Morgan fingerprint density at radius 3 is 1.34 bits per heavy atom. The topological polar surface area (TPSA) is 141 Å². The van der Waals surface area contributed by atoms with Crippen LogP contribution >= 0.6 is 0 Å². The predicted octanol–water partition coefficient (Wildman–Crippen LogP) is 0.633. The maximum absolute atomic E-state index is 11.1. The molecule has 0 saturated heterocycles. The molecule has 0 aliphatic rings. The summed E-state index contributed by atoms with van der Waals surface area (Å²) in [5.41, 5.74) is 9.88. The summed E-state index contributed by atoms with van der Waals surface area (Å²) >= 11 is 0. The highest BCUT2D eigenvalue weighted by Gasteiger charge is 2.32. The Morgan fingerprint density at radius 1 is 0.625 bits per heavy atom. The molecule has 186 valence electrons. The Hall–Kier alpha value is -1.10. The molecule has 0 fully saturated rings. The van der Waals surface area contributed by atoms with Gasteiger partial charge in [0.15, 0.2) is 0 Å². The van der Waals surface area contributed by atoms with Crippen LogP contribution in [0.3, 0.4) is 0 Å². The lowest BCUT2D eigenvalue weighted by Gasteiger charge is -2.34. The van der Waals surface area contributed by atoms with E-state index in [-0.39, 0.29) is 0 Å². The van der Waals surface area contributed by atoms with Gasteiger partial charge in [0.25, 0.3) is 0 Å². The van der Waals surface area contributed by atoms with Crippen molar-refractivity contribution in [1.29, 1.82) is 0 Å². The Morgan fingerprint density at radius 2 is 0.969 bits per heavy atom. The molecule has 0 aromatic heterocycles. The van der Waals surface area contributed by atoms with Crippen molar-refractivity contribution in [2.24, 2.45) is 11.5 Å². The molecule has 0 amide bonds. The van der Waals surface area contributed by atoms with Crippen LogP contribution < -0.4 is 32.7 Å².